The van der Waals surface area contributed by atoms with Gasteiger partial charge in [-0.15, -0.1) is 0 Å². The van der Waals surface area contributed by atoms with Crippen LogP contribution in [0.3, 0.4) is 0 Å². The summed E-state index contributed by atoms with van der Waals surface area (Å²) in [7, 11) is -9.98. The van der Waals surface area contributed by atoms with Crippen LogP contribution in [0, 0.1) is 0 Å². The van der Waals surface area contributed by atoms with Crippen LogP contribution in [0.5, 0.6) is 0 Å². The van der Waals surface area contributed by atoms with Crippen LogP contribution in [0.2, 0.25) is 0 Å². The van der Waals surface area contributed by atoms with Crippen molar-refractivity contribution in [3.63, 3.8) is 0 Å². The molecule has 0 aliphatic carbocycles. The molecule has 17 nitrogen and oxygen atoms in total. The van der Waals surface area contributed by atoms with E-state index in [2.05, 4.69) is 113 Å². The number of aliphatic hydroxyl groups excluding tert-OH is 1. The van der Waals surface area contributed by atoms with Crippen LogP contribution >= 0.6 is 15.6 Å². The normalized spacial score (nSPS) is 14.5. The Morgan fingerprint density at radius 2 is 0.570 bits per heavy atom. The van der Waals surface area contributed by atoms with E-state index >= 15 is 0 Å². The number of phosphoric ester groups is 2. The van der Waals surface area contributed by atoms with Crippen molar-refractivity contribution in [2.24, 2.45) is 0 Å². The van der Waals surface area contributed by atoms with Crippen molar-refractivity contribution in [2.75, 3.05) is 39.6 Å². The van der Waals surface area contributed by atoms with E-state index in [0.29, 0.717) is 25.7 Å². The smallest absolute Gasteiger partial charge is 0.462 e. The lowest BCUT2D eigenvalue weighted by molar-refractivity contribution is -0.161. The molecule has 0 fully saturated rings. The molecule has 0 saturated carbocycles. The van der Waals surface area contributed by atoms with E-state index in [1.807, 2.05) is 18.2 Å². The monoisotopic (exact) mass is 1450 g/mol. The standard InChI is InChI=1S/C81H140O17P2/c1-5-9-13-17-21-25-29-32-35-36-37-38-41-43-47-50-54-58-62-66-79(84)92-72-77(98-81(86)68-64-60-56-52-48-44-40-34-31-27-23-19-15-11-7-3)74-96-100(89,90)94-70-75(82)69-93-99(87,88)95-73-76(97-80(85)67-63-59-55-51-45-28-24-20-16-12-8-4)71-91-78(83)65-61-57-53-49-46-42-39-33-30-26-22-18-14-10-6-2/h10,14,20-22,24-26,32-33,35,37-39,46,49,57,61,75-77,82H,5-9,11-13,15-19,23,27-31,34,36,40-45,47-48,50-56,58-60,62-74H2,1-4H3,(H,87,88)(H,89,90)/b14-10-,24-20-,25-21-,26-22-,35-32-,38-37-,39-33-,49-46-,61-57-. The van der Waals surface area contributed by atoms with Crippen molar-refractivity contribution in [3.05, 3.63) is 109 Å². The number of hydrogen-bond acceptors (Lipinski definition) is 15. The summed E-state index contributed by atoms with van der Waals surface area (Å²) in [6.07, 6.45) is 78.2. The Kier molecular flexibility index (Phi) is 69.9. The largest absolute Gasteiger partial charge is 0.472 e. The Morgan fingerprint density at radius 1 is 0.300 bits per heavy atom. The molecule has 3 N–H and O–H groups in total. The first-order valence-corrected chi connectivity index (χ1v) is 42.1. The highest BCUT2D eigenvalue weighted by atomic mass is 31.2. The lowest BCUT2D eigenvalue weighted by atomic mass is 10.0. The summed E-state index contributed by atoms with van der Waals surface area (Å²) in [5.74, 6) is -2.33. The van der Waals surface area contributed by atoms with Gasteiger partial charge in [-0.1, -0.05) is 298 Å². The lowest BCUT2D eigenvalue weighted by Gasteiger charge is -2.21. The van der Waals surface area contributed by atoms with E-state index in [-0.39, 0.29) is 25.7 Å². The molecule has 0 heterocycles. The summed E-state index contributed by atoms with van der Waals surface area (Å²) in [5.41, 5.74) is 0. The molecule has 5 unspecified atom stereocenters. The zero-order valence-electron chi connectivity index (χ0n) is 62.8. The summed E-state index contributed by atoms with van der Waals surface area (Å²) in [6, 6.07) is 0. The Balaban J connectivity index is 5.38. The van der Waals surface area contributed by atoms with Crippen molar-refractivity contribution in [1.29, 1.82) is 0 Å². The first-order valence-electron chi connectivity index (χ1n) is 39.1. The second-order valence-corrected chi connectivity index (χ2v) is 28.8. The van der Waals surface area contributed by atoms with Crippen LogP contribution in [-0.2, 0) is 65.4 Å². The molecule has 0 aliphatic heterocycles. The molecule has 0 aliphatic rings. The van der Waals surface area contributed by atoms with E-state index in [0.717, 1.165) is 148 Å². The van der Waals surface area contributed by atoms with Gasteiger partial charge in [-0.05, 0) is 109 Å². The van der Waals surface area contributed by atoms with Gasteiger partial charge in [0, 0.05) is 19.3 Å². The van der Waals surface area contributed by atoms with Crippen LogP contribution in [0.4, 0.5) is 0 Å². The number of allylic oxidation sites excluding steroid dienone is 17. The number of carbonyl (C=O) groups is 4. The maximum absolute atomic E-state index is 13.1. The van der Waals surface area contributed by atoms with E-state index in [4.69, 9.17) is 37.0 Å². The molecule has 0 amide bonds. The van der Waals surface area contributed by atoms with Gasteiger partial charge in [-0.25, -0.2) is 9.13 Å². The molecule has 0 aromatic rings. The Bertz CT molecular complexity index is 2320. The fourth-order valence-electron chi connectivity index (χ4n) is 10.3. The topological polar surface area (TPSA) is 237 Å². The molecule has 100 heavy (non-hydrogen) atoms. The molecule has 19 heteroatoms. The molecule has 576 valence electrons. The van der Waals surface area contributed by atoms with E-state index in [1.54, 1.807) is 6.08 Å². The minimum absolute atomic E-state index is 0.0642. The number of carbonyl (C=O) groups excluding carboxylic acids is 4. The minimum Gasteiger partial charge on any atom is -0.462 e. The van der Waals surface area contributed by atoms with Gasteiger partial charge in [0.2, 0.25) is 0 Å². The van der Waals surface area contributed by atoms with Gasteiger partial charge in [0.1, 0.15) is 19.3 Å². The molecule has 0 saturated heterocycles. The highest BCUT2D eigenvalue weighted by Crippen LogP contribution is 2.45. The van der Waals surface area contributed by atoms with Crippen LogP contribution < -0.4 is 0 Å². The van der Waals surface area contributed by atoms with E-state index < -0.39 is 97.5 Å². The van der Waals surface area contributed by atoms with Crippen LogP contribution in [-0.4, -0.2) is 96.7 Å². The summed E-state index contributed by atoms with van der Waals surface area (Å²) >= 11 is 0. The number of unbranched alkanes of at least 4 members (excludes halogenated alkanes) is 30. The number of aliphatic hydroxyl groups is 1. The van der Waals surface area contributed by atoms with Crippen molar-refractivity contribution in [1.82, 2.24) is 0 Å². The third-order valence-electron chi connectivity index (χ3n) is 16.3. The minimum atomic E-state index is -4.99. The quantitative estimate of drug-likeness (QED) is 0.0169. The summed E-state index contributed by atoms with van der Waals surface area (Å²) < 4.78 is 68.4. The second-order valence-electron chi connectivity index (χ2n) is 25.9. The molecular formula is C81H140O17P2. The van der Waals surface area contributed by atoms with Crippen molar-refractivity contribution in [3.8, 4) is 0 Å². The second kappa shape index (κ2) is 73.0. The predicted octanol–water partition coefficient (Wildman–Crippen LogP) is 22.6. The molecule has 0 bridgehead atoms. The van der Waals surface area contributed by atoms with Gasteiger partial charge in [0.15, 0.2) is 12.2 Å². The maximum atomic E-state index is 13.1. The van der Waals surface area contributed by atoms with Gasteiger partial charge >= 0.3 is 39.5 Å². The molecule has 0 rings (SSSR count). The van der Waals surface area contributed by atoms with Gasteiger partial charge < -0.3 is 33.8 Å². The summed E-state index contributed by atoms with van der Waals surface area (Å²) in [4.78, 5) is 72.8. The van der Waals surface area contributed by atoms with Crippen molar-refractivity contribution in [2.45, 2.75) is 341 Å². The number of ether oxygens (including phenoxy) is 4. The SMILES string of the molecule is CC/C=C\C/C=C\C/C=C\C/C=C\C/C=C\CC(=O)OCC(COP(=O)(O)OCC(O)COP(=O)(O)OCC(COC(=O)CCCCCCCC/C=C\C/C=C\C/C=C\CCCCC)OC(=O)CCCCCCCCCCCCCCCCC)OC(=O)CCCCCCC/C=C\CCCC. The van der Waals surface area contributed by atoms with Crippen LogP contribution in [0.15, 0.2) is 109 Å². The summed E-state index contributed by atoms with van der Waals surface area (Å²) in [5, 5.41) is 10.6. The molecule has 0 spiro atoms. The number of rotatable bonds is 73. The summed E-state index contributed by atoms with van der Waals surface area (Å²) in [6.45, 7) is 4.58. The van der Waals surface area contributed by atoms with Crippen molar-refractivity contribution < 1.29 is 80.2 Å². The number of hydrogen-bond donors (Lipinski definition) is 3. The van der Waals surface area contributed by atoms with Gasteiger partial charge in [-0.2, -0.15) is 0 Å². The third-order valence-corrected chi connectivity index (χ3v) is 18.2. The van der Waals surface area contributed by atoms with Gasteiger partial charge in [0.05, 0.1) is 32.8 Å². The zero-order chi connectivity index (χ0) is 73.2. The average Bonchev–Trinajstić information content (AvgIpc) is 0.945. The van der Waals surface area contributed by atoms with E-state index in [9.17, 15) is 43.2 Å². The van der Waals surface area contributed by atoms with Crippen LogP contribution in [0.1, 0.15) is 323 Å². The zero-order valence-corrected chi connectivity index (χ0v) is 64.6. The molecular weight excluding hydrogens is 1310 g/mol. The molecule has 5 atom stereocenters. The number of esters is 4. The predicted molar refractivity (Wildman–Crippen MR) is 408 cm³/mol. The Morgan fingerprint density at radius 3 is 0.950 bits per heavy atom. The third kappa shape index (κ3) is 72.1. The highest BCUT2D eigenvalue weighted by molar-refractivity contribution is 7.47. The first kappa shape index (κ1) is 95.7. The molecule has 0 aromatic carbocycles. The van der Waals surface area contributed by atoms with Gasteiger partial charge in [0.25, 0.3) is 0 Å². The Labute approximate surface area is 607 Å². The van der Waals surface area contributed by atoms with Gasteiger partial charge in [-0.3, -0.25) is 37.3 Å². The first-order chi connectivity index (χ1) is 48.7. The maximum Gasteiger partial charge on any atom is 0.472 e. The fourth-order valence-corrected chi connectivity index (χ4v) is 11.9. The molecule has 0 radical (unpaired) electrons. The van der Waals surface area contributed by atoms with Crippen LogP contribution in [0.25, 0.3) is 0 Å². The average molecular weight is 1450 g/mol. The lowest BCUT2D eigenvalue weighted by Crippen LogP contribution is -2.30. The number of phosphoric acid groups is 2. The molecule has 0 aromatic heterocycles. The Hall–Kier alpha value is -4.28. The van der Waals surface area contributed by atoms with E-state index in [1.165, 1.54) is 96.3 Å². The highest BCUT2D eigenvalue weighted by Gasteiger charge is 2.30. The van der Waals surface area contributed by atoms with Crippen molar-refractivity contribution >= 4 is 39.5 Å². The fraction of sp³-hybridized carbons (Fsp3) is 0.728.